The lowest BCUT2D eigenvalue weighted by Gasteiger charge is -2.53. The molecule has 1 aliphatic carbocycles. The number of ether oxygens (including phenoxy) is 1. The SMILES string of the molecule is CCC1(CC)C(N)CC1Oc1c(Br)cc(F)cc1[N+](=O)[O-]. The third-order valence-electron chi connectivity index (χ3n) is 4.61. The Bertz CT molecular complexity index is 563. The number of hydrogen-bond acceptors (Lipinski definition) is 4. The van der Waals surface area contributed by atoms with Gasteiger partial charge in [0.2, 0.25) is 5.75 Å². The van der Waals surface area contributed by atoms with Crippen molar-refractivity contribution in [1.82, 2.24) is 0 Å². The molecule has 0 saturated heterocycles. The van der Waals surface area contributed by atoms with Crippen LogP contribution in [0.2, 0.25) is 0 Å². The van der Waals surface area contributed by atoms with Gasteiger partial charge in [-0.3, -0.25) is 10.1 Å². The van der Waals surface area contributed by atoms with Crippen LogP contribution in [0.4, 0.5) is 10.1 Å². The average molecular weight is 361 g/mol. The maximum absolute atomic E-state index is 13.3. The number of nitrogens with two attached hydrogens (primary N) is 1. The fourth-order valence-electron chi connectivity index (χ4n) is 3.11. The van der Waals surface area contributed by atoms with E-state index in [2.05, 4.69) is 15.9 Å². The molecule has 1 aliphatic rings. The van der Waals surface area contributed by atoms with Crippen LogP contribution in [0, 0.1) is 21.3 Å². The summed E-state index contributed by atoms with van der Waals surface area (Å²) >= 11 is 3.14. The maximum Gasteiger partial charge on any atom is 0.315 e. The normalized spacial score (nSPS) is 23.5. The molecule has 2 N–H and O–H groups in total. The third kappa shape index (κ3) is 2.64. The molecule has 0 aliphatic heterocycles. The number of nitrogens with zero attached hydrogens (tertiary/aromatic N) is 1. The molecule has 116 valence electrons. The standard InChI is InChI=1S/C14H18BrFN2O3/c1-3-14(4-2)11(17)7-12(14)21-13-9(15)5-8(16)6-10(13)18(19)20/h5-6,11-12H,3-4,7,17H2,1-2H3. The maximum atomic E-state index is 13.3. The molecule has 0 aromatic heterocycles. The van der Waals surface area contributed by atoms with Crippen LogP contribution in [-0.2, 0) is 0 Å². The van der Waals surface area contributed by atoms with E-state index in [0.717, 1.165) is 18.9 Å². The molecule has 1 aromatic rings. The monoisotopic (exact) mass is 360 g/mol. The predicted molar refractivity (Wildman–Crippen MR) is 80.8 cm³/mol. The van der Waals surface area contributed by atoms with Crippen LogP contribution in [-0.4, -0.2) is 17.1 Å². The van der Waals surface area contributed by atoms with Crippen molar-refractivity contribution in [3.05, 3.63) is 32.5 Å². The Morgan fingerprint density at radius 3 is 2.62 bits per heavy atom. The van der Waals surface area contributed by atoms with E-state index in [0.29, 0.717) is 6.42 Å². The molecule has 1 fully saturated rings. The number of rotatable bonds is 5. The summed E-state index contributed by atoms with van der Waals surface area (Å²) in [6.07, 6.45) is 2.12. The summed E-state index contributed by atoms with van der Waals surface area (Å²) < 4.78 is 19.4. The van der Waals surface area contributed by atoms with Crippen LogP contribution in [0.1, 0.15) is 33.1 Å². The zero-order valence-electron chi connectivity index (χ0n) is 11.9. The van der Waals surface area contributed by atoms with E-state index >= 15 is 0 Å². The first-order valence-corrected chi connectivity index (χ1v) is 7.70. The van der Waals surface area contributed by atoms with Gasteiger partial charge < -0.3 is 10.5 Å². The zero-order chi connectivity index (χ0) is 15.8. The number of nitro groups is 1. The number of nitro benzene ring substituents is 1. The summed E-state index contributed by atoms with van der Waals surface area (Å²) in [5.41, 5.74) is 5.55. The van der Waals surface area contributed by atoms with Gasteiger partial charge in [-0.25, -0.2) is 4.39 Å². The fraction of sp³-hybridized carbons (Fsp3) is 0.571. The van der Waals surface area contributed by atoms with E-state index in [9.17, 15) is 14.5 Å². The Hall–Kier alpha value is -1.21. The van der Waals surface area contributed by atoms with E-state index in [1.54, 1.807) is 0 Å². The van der Waals surface area contributed by atoms with Gasteiger partial charge in [0.25, 0.3) is 0 Å². The van der Waals surface area contributed by atoms with Gasteiger partial charge in [-0.1, -0.05) is 13.8 Å². The van der Waals surface area contributed by atoms with Gasteiger partial charge in [0, 0.05) is 17.9 Å². The van der Waals surface area contributed by atoms with Crippen molar-refractivity contribution in [2.75, 3.05) is 0 Å². The molecular weight excluding hydrogens is 343 g/mol. The minimum absolute atomic E-state index is 0.0239. The van der Waals surface area contributed by atoms with Crippen molar-refractivity contribution >= 4 is 21.6 Å². The fourth-order valence-corrected chi connectivity index (χ4v) is 3.63. The van der Waals surface area contributed by atoms with Crippen molar-refractivity contribution in [3.8, 4) is 5.75 Å². The second-order valence-electron chi connectivity index (χ2n) is 5.38. The van der Waals surface area contributed by atoms with Gasteiger partial charge >= 0.3 is 5.69 Å². The minimum Gasteiger partial charge on any atom is -0.482 e. The largest absolute Gasteiger partial charge is 0.482 e. The van der Waals surface area contributed by atoms with Gasteiger partial charge in [-0.15, -0.1) is 0 Å². The van der Waals surface area contributed by atoms with E-state index in [1.807, 2.05) is 13.8 Å². The summed E-state index contributed by atoms with van der Waals surface area (Å²) in [5, 5.41) is 11.1. The highest BCUT2D eigenvalue weighted by Gasteiger charge is 2.53. The van der Waals surface area contributed by atoms with E-state index in [-0.39, 0.29) is 33.5 Å². The van der Waals surface area contributed by atoms with Crippen molar-refractivity contribution < 1.29 is 14.1 Å². The van der Waals surface area contributed by atoms with Gasteiger partial charge in [0.1, 0.15) is 11.9 Å². The average Bonchev–Trinajstić information content (AvgIpc) is 2.41. The molecule has 0 bridgehead atoms. The van der Waals surface area contributed by atoms with Crippen molar-refractivity contribution in [2.45, 2.75) is 45.3 Å². The second kappa shape index (κ2) is 5.88. The van der Waals surface area contributed by atoms with Crippen LogP contribution >= 0.6 is 15.9 Å². The smallest absolute Gasteiger partial charge is 0.315 e. The van der Waals surface area contributed by atoms with E-state index < -0.39 is 10.7 Å². The van der Waals surface area contributed by atoms with Crippen molar-refractivity contribution in [3.63, 3.8) is 0 Å². The molecule has 2 atom stereocenters. The molecule has 0 heterocycles. The molecule has 2 unspecified atom stereocenters. The van der Waals surface area contributed by atoms with Crippen LogP contribution in [0.5, 0.6) is 5.75 Å². The lowest BCUT2D eigenvalue weighted by molar-refractivity contribution is -0.386. The van der Waals surface area contributed by atoms with Gasteiger partial charge in [0.05, 0.1) is 15.5 Å². The Morgan fingerprint density at radius 2 is 2.14 bits per heavy atom. The first-order valence-electron chi connectivity index (χ1n) is 6.91. The summed E-state index contributed by atoms with van der Waals surface area (Å²) in [5.74, 6) is -0.604. The summed E-state index contributed by atoms with van der Waals surface area (Å²) in [4.78, 5) is 10.5. The highest BCUT2D eigenvalue weighted by atomic mass is 79.9. The van der Waals surface area contributed by atoms with Gasteiger partial charge in [0.15, 0.2) is 0 Å². The third-order valence-corrected chi connectivity index (χ3v) is 5.20. The molecule has 5 nitrogen and oxygen atoms in total. The zero-order valence-corrected chi connectivity index (χ0v) is 13.5. The summed E-state index contributed by atoms with van der Waals surface area (Å²) in [6.45, 7) is 4.07. The molecule has 1 aromatic carbocycles. The Morgan fingerprint density at radius 1 is 1.52 bits per heavy atom. The van der Waals surface area contributed by atoms with Crippen LogP contribution in [0.25, 0.3) is 0 Å². The molecule has 2 rings (SSSR count). The van der Waals surface area contributed by atoms with Crippen molar-refractivity contribution in [1.29, 1.82) is 0 Å². The lowest BCUT2D eigenvalue weighted by atomic mass is 9.59. The number of hydrogen-bond donors (Lipinski definition) is 1. The Kier molecular flexibility index (Phi) is 4.53. The number of halogens is 2. The van der Waals surface area contributed by atoms with E-state index in [4.69, 9.17) is 10.5 Å². The first-order chi connectivity index (χ1) is 9.85. The van der Waals surface area contributed by atoms with Crippen LogP contribution in [0.15, 0.2) is 16.6 Å². The van der Waals surface area contributed by atoms with Crippen molar-refractivity contribution in [2.24, 2.45) is 11.1 Å². The van der Waals surface area contributed by atoms with E-state index in [1.165, 1.54) is 6.07 Å². The van der Waals surface area contributed by atoms with Crippen LogP contribution in [0.3, 0.4) is 0 Å². The Labute approximate surface area is 130 Å². The van der Waals surface area contributed by atoms with Gasteiger partial charge in [-0.2, -0.15) is 0 Å². The molecule has 21 heavy (non-hydrogen) atoms. The molecule has 1 saturated carbocycles. The highest BCUT2D eigenvalue weighted by Crippen LogP contribution is 2.49. The topological polar surface area (TPSA) is 78.4 Å². The summed E-state index contributed by atoms with van der Waals surface area (Å²) in [7, 11) is 0. The molecule has 0 radical (unpaired) electrons. The molecule has 7 heteroatoms. The Balaban J connectivity index is 2.34. The summed E-state index contributed by atoms with van der Waals surface area (Å²) in [6, 6.07) is 2.06. The van der Waals surface area contributed by atoms with Gasteiger partial charge in [-0.05, 0) is 34.8 Å². The highest BCUT2D eigenvalue weighted by molar-refractivity contribution is 9.10. The number of benzene rings is 1. The quantitative estimate of drug-likeness (QED) is 0.640. The predicted octanol–water partition coefficient (Wildman–Crippen LogP) is 3.78. The molecular formula is C14H18BrFN2O3. The van der Waals surface area contributed by atoms with Crippen LogP contribution < -0.4 is 10.5 Å². The minimum atomic E-state index is -0.677. The molecule has 0 spiro atoms. The second-order valence-corrected chi connectivity index (χ2v) is 6.24. The lowest BCUT2D eigenvalue weighted by Crippen LogP contribution is -2.63. The first kappa shape index (κ1) is 16.2. The molecule has 0 amide bonds.